The summed E-state index contributed by atoms with van der Waals surface area (Å²) in [5, 5.41) is 10.1. The first-order valence-corrected chi connectivity index (χ1v) is 11.4. The smallest absolute Gasteiger partial charge is 0.416 e. The summed E-state index contributed by atoms with van der Waals surface area (Å²) in [6.07, 6.45) is 6.51. The van der Waals surface area contributed by atoms with Crippen LogP contribution in [0.25, 0.3) is 11.0 Å². The van der Waals surface area contributed by atoms with Gasteiger partial charge in [0.25, 0.3) is 0 Å². The molecule has 2 atom stereocenters. The number of hydrogen-bond acceptors (Lipinski definition) is 7. The molecule has 3 aromatic rings. The van der Waals surface area contributed by atoms with Crippen LogP contribution in [0, 0.1) is 5.41 Å². The van der Waals surface area contributed by atoms with Crippen molar-refractivity contribution in [3.63, 3.8) is 0 Å². The summed E-state index contributed by atoms with van der Waals surface area (Å²) in [6.45, 7) is 10.9. The fraction of sp³-hybridized carbons (Fsp3) is 0.440. The molecule has 2 aliphatic rings. The number of ether oxygens (including phenoxy) is 1. The molecule has 5 rings (SSSR count). The maximum Gasteiger partial charge on any atom is 0.416 e. The van der Waals surface area contributed by atoms with Gasteiger partial charge in [-0.1, -0.05) is 19.1 Å². The van der Waals surface area contributed by atoms with Gasteiger partial charge in [-0.05, 0) is 51.3 Å². The molecule has 3 heterocycles. The molecular weight excluding hydrogens is 432 g/mol. The predicted molar refractivity (Wildman–Crippen MR) is 129 cm³/mol. The molecule has 9 nitrogen and oxygen atoms in total. The van der Waals surface area contributed by atoms with Crippen molar-refractivity contribution in [2.45, 2.75) is 57.8 Å². The van der Waals surface area contributed by atoms with Gasteiger partial charge in [-0.3, -0.25) is 9.88 Å². The zero-order valence-electron chi connectivity index (χ0n) is 19.8. The summed E-state index contributed by atoms with van der Waals surface area (Å²) in [4.78, 5) is 27.6. The maximum absolute atomic E-state index is 12.9. The van der Waals surface area contributed by atoms with E-state index in [2.05, 4.69) is 33.0 Å². The number of hydrogen-bond donors (Lipinski definition) is 2. The van der Waals surface area contributed by atoms with Crippen molar-refractivity contribution in [2.75, 3.05) is 17.2 Å². The van der Waals surface area contributed by atoms with E-state index in [4.69, 9.17) is 10.5 Å². The fourth-order valence-corrected chi connectivity index (χ4v) is 5.15. The Kier molecular flexibility index (Phi) is 4.95. The second kappa shape index (κ2) is 7.53. The first-order chi connectivity index (χ1) is 16.0. The molecule has 1 aromatic carbocycles. The highest BCUT2D eigenvalue weighted by molar-refractivity contribution is 5.89. The molecule has 2 fully saturated rings. The highest BCUT2D eigenvalue weighted by Crippen LogP contribution is 2.50. The molecule has 2 aromatic heterocycles. The van der Waals surface area contributed by atoms with Crippen molar-refractivity contribution in [3.05, 3.63) is 54.8 Å². The Bertz CT molecular complexity index is 1280. The van der Waals surface area contributed by atoms with Crippen LogP contribution in [-0.4, -0.2) is 42.9 Å². The summed E-state index contributed by atoms with van der Waals surface area (Å²) >= 11 is 0. The van der Waals surface area contributed by atoms with E-state index in [9.17, 15) is 9.90 Å². The summed E-state index contributed by atoms with van der Waals surface area (Å²) in [7, 11) is 0. The molecule has 1 amide bonds. The molecule has 9 heteroatoms. The van der Waals surface area contributed by atoms with Gasteiger partial charge >= 0.3 is 6.09 Å². The number of aromatic nitrogens is 4. The largest absolute Gasteiger partial charge is 0.441 e. The van der Waals surface area contributed by atoms with Crippen LogP contribution in [0.15, 0.2) is 49.1 Å². The number of amides is 1. The van der Waals surface area contributed by atoms with Crippen LogP contribution in [0.4, 0.5) is 16.3 Å². The van der Waals surface area contributed by atoms with Crippen molar-refractivity contribution in [1.82, 2.24) is 19.5 Å². The molecule has 34 heavy (non-hydrogen) atoms. The number of fused-ring (bicyclic) bond motifs is 1. The lowest BCUT2D eigenvalue weighted by molar-refractivity contribution is -0.00400. The number of nitrogens with zero attached hydrogens (tertiary/aromatic N) is 5. The Morgan fingerprint density at radius 1 is 1.26 bits per heavy atom. The normalized spacial score (nSPS) is 25.4. The third kappa shape index (κ3) is 3.79. The number of nitrogen functional groups attached to an aromatic ring is 1. The molecule has 1 aliphatic carbocycles. The minimum absolute atomic E-state index is 0.302. The summed E-state index contributed by atoms with van der Waals surface area (Å²) in [5.41, 5.74) is 8.09. The van der Waals surface area contributed by atoms with Gasteiger partial charge in [0.05, 0.1) is 42.0 Å². The molecule has 0 unspecified atom stereocenters. The van der Waals surface area contributed by atoms with E-state index in [0.29, 0.717) is 43.1 Å². The number of rotatable bonds is 4. The summed E-state index contributed by atoms with van der Waals surface area (Å²) in [5.74, 6) is 0.414. The summed E-state index contributed by atoms with van der Waals surface area (Å²) < 4.78 is 8.11. The molecular formula is C25H30N6O3. The van der Waals surface area contributed by atoms with Gasteiger partial charge < -0.3 is 20.1 Å². The zero-order chi connectivity index (χ0) is 24.3. The molecule has 1 aliphatic heterocycles. The quantitative estimate of drug-likeness (QED) is 0.447. The molecule has 1 saturated heterocycles. The SMILES string of the molecule is C=C1CC[C@@]2(CN(c3cnc(C(C)(C)O)cn3)C(=O)O2)C[C@@]1(C)Cn1cnc2ccc(N)cc21. The van der Waals surface area contributed by atoms with E-state index in [1.807, 2.05) is 24.5 Å². The monoisotopic (exact) mass is 462 g/mol. The number of anilines is 2. The molecule has 3 N–H and O–H groups in total. The Labute approximate surface area is 198 Å². The third-order valence-electron chi connectivity index (χ3n) is 7.12. The zero-order valence-corrected chi connectivity index (χ0v) is 19.8. The van der Waals surface area contributed by atoms with Gasteiger partial charge in [0.15, 0.2) is 5.82 Å². The number of carbonyl (C=O) groups is 1. The van der Waals surface area contributed by atoms with Crippen molar-refractivity contribution < 1.29 is 14.6 Å². The molecule has 1 saturated carbocycles. The van der Waals surface area contributed by atoms with Crippen molar-refractivity contribution in [3.8, 4) is 0 Å². The van der Waals surface area contributed by atoms with E-state index in [1.165, 1.54) is 17.3 Å². The highest BCUT2D eigenvalue weighted by Gasteiger charge is 2.53. The van der Waals surface area contributed by atoms with E-state index in [-0.39, 0.29) is 5.41 Å². The standard InChI is InChI=1S/C25H30N6O3/c1-16-7-8-25(12-24(16,4)13-30-15-29-18-6-5-17(26)9-19(18)30)14-31(22(32)34-25)21-11-27-20(10-28-21)23(2,3)33/h5-6,9-11,15,33H,1,7-8,12-14,26H2,2-4H3/t24-,25-/m0/s1. The lowest BCUT2D eigenvalue weighted by atomic mass is 9.65. The number of nitrogens with two attached hydrogens (primary N) is 1. The van der Waals surface area contributed by atoms with Gasteiger partial charge in [-0.2, -0.15) is 0 Å². The number of benzene rings is 1. The molecule has 1 spiro atoms. The highest BCUT2D eigenvalue weighted by atomic mass is 16.6. The van der Waals surface area contributed by atoms with Crippen molar-refractivity contribution >= 4 is 28.6 Å². The Hall–Kier alpha value is -3.46. The van der Waals surface area contributed by atoms with Gasteiger partial charge in [0.2, 0.25) is 0 Å². The summed E-state index contributed by atoms with van der Waals surface area (Å²) in [6, 6.07) is 5.70. The van der Waals surface area contributed by atoms with Crippen LogP contribution in [0.1, 0.15) is 45.7 Å². The van der Waals surface area contributed by atoms with Gasteiger partial charge in [0, 0.05) is 17.6 Å². The molecule has 0 bridgehead atoms. The van der Waals surface area contributed by atoms with Gasteiger partial charge in [-0.25, -0.2) is 14.8 Å². The Morgan fingerprint density at radius 2 is 2.06 bits per heavy atom. The van der Waals surface area contributed by atoms with Crippen LogP contribution in [0.2, 0.25) is 0 Å². The van der Waals surface area contributed by atoms with Crippen LogP contribution in [0.5, 0.6) is 0 Å². The topological polar surface area (TPSA) is 119 Å². The van der Waals surface area contributed by atoms with E-state index in [0.717, 1.165) is 23.0 Å². The minimum atomic E-state index is -1.11. The minimum Gasteiger partial charge on any atom is -0.441 e. The average Bonchev–Trinajstić information content (AvgIpc) is 3.31. The Balaban J connectivity index is 1.39. The van der Waals surface area contributed by atoms with Crippen molar-refractivity contribution in [1.29, 1.82) is 0 Å². The number of imidazole rings is 1. The van der Waals surface area contributed by atoms with Crippen LogP contribution in [0.3, 0.4) is 0 Å². The van der Waals surface area contributed by atoms with Gasteiger partial charge in [0.1, 0.15) is 11.2 Å². The van der Waals surface area contributed by atoms with E-state index < -0.39 is 17.3 Å². The lowest BCUT2D eigenvalue weighted by Gasteiger charge is -2.44. The second-order valence-electron chi connectivity index (χ2n) is 10.4. The lowest BCUT2D eigenvalue weighted by Crippen LogP contribution is -2.46. The average molecular weight is 463 g/mol. The second-order valence-corrected chi connectivity index (χ2v) is 10.4. The number of carbonyl (C=O) groups excluding carboxylic acids is 1. The maximum atomic E-state index is 12.9. The van der Waals surface area contributed by atoms with Crippen molar-refractivity contribution in [2.24, 2.45) is 5.41 Å². The number of allylic oxidation sites excluding steroid dienone is 1. The third-order valence-corrected chi connectivity index (χ3v) is 7.12. The fourth-order valence-electron chi connectivity index (χ4n) is 5.15. The number of aliphatic hydroxyl groups is 1. The first-order valence-electron chi connectivity index (χ1n) is 11.4. The predicted octanol–water partition coefficient (Wildman–Crippen LogP) is 3.78. The molecule has 178 valence electrons. The first kappa shape index (κ1) is 22.3. The van der Waals surface area contributed by atoms with Gasteiger partial charge in [-0.15, -0.1) is 0 Å². The van der Waals surface area contributed by atoms with E-state index in [1.54, 1.807) is 13.8 Å². The van der Waals surface area contributed by atoms with Crippen LogP contribution in [-0.2, 0) is 16.9 Å². The van der Waals surface area contributed by atoms with Crippen LogP contribution >= 0.6 is 0 Å². The Morgan fingerprint density at radius 3 is 2.76 bits per heavy atom. The van der Waals surface area contributed by atoms with E-state index >= 15 is 0 Å². The molecule has 0 radical (unpaired) electrons. The van der Waals surface area contributed by atoms with Crippen LogP contribution < -0.4 is 10.6 Å².